The van der Waals surface area contributed by atoms with E-state index in [-0.39, 0.29) is 11.8 Å². The molecular weight excluding hydrogens is 356 g/mol. The molecule has 0 saturated heterocycles. The predicted molar refractivity (Wildman–Crippen MR) is 108 cm³/mol. The molecule has 2 aromatic heterocycles. The predicted octanol–water partition coefficient (Wildman–Crippen LogP) is 4.57. The molecule has 0 fully saturated rings. The van der Waals surface area contributed by atoms with Gasteiger partial charge in [-0.15, -0.1) is 0 Å². The fraction of sp³-hybridized carbons (Fsp3) is 0.190. The normalized spacial score (nSPS) is 16.4. The summed E-state index contributed by atoms with van der Waals surface area (Å²) < 4.78 is 2.89. The summed E-state index contributed by atoms with van der Waals surface area (Å²) in [5.41, 5.74) is 5.29. The largest absolute Gasteiger partial charge is 0.310 e. The van der Waals surface area contributed by atoms with Crippen LogP contribution in [-0.4, -0.2) is 20.7 Å². The number of thiazole rings is 1. The smallest absolute Gasteiger partial charge is 0.226 e. The molecule has 5 rings (SSSR count). The molecule has 27 heavy (non-hydrogen) atoms. The number of aromatic nitrogens is 3. The molecule has 0 spiro atoms. The highest BCUT2D eigenvalue weighted by Crippen LogP contribution is 2.41. The Bertz CT molecular complexity index is 1160. The van der Waals surface area contributed by atoms with Crippen molar-refractivity contribution in [3.05, 3.63) is 70.9 Å². The average Bonchev–Trinajstić information content (AvgIpc) is 3.22. The first kappa shape index (κ1) is 16.2. The number of amides is 1. The van der Waals surface area contributed by atoms with E-state index in [4.69, 9.17) is 10.1 Å². The van der Waals surface area contributed by atoms with Crippen LogP contribution in [0.5, 0.6) is 0 Å². The molecule has 1 amide bonds. The molecule has 1 N–H and O–H groups in total. The minimum Gasteiger partial charge on any atom is -0.310 e. The fourth-order valence-corrected chi connectivity index (χ4v) is 4.73. The van der Waals surface area contributed by atoms with Crippen molar-refractivity contribution in [1.29, 1.82) is 0 Å². The number of nitrogens with one attached hydrogen (secondary N) is 1. The molecule has 0 aliphatic carbocycles. The van der Waals surface area contributed by atoms with Gasteiger partial charge in [0.25, 0.3) is 0 Å². The van der Waals surface area contributed by atoms with Gasteiger partial charge < -0.3 is 5.32 Å². The van der Waals surface area contributed by atoms with Crippen LogP contribution in [0.3, 0.4) is 0 Å². The molecule has 0 bridgehead atoms. The lowest BCUT2D eigenvalue weighted by Gasteiger charge is -2.24. The number of hydrogen-bond donors (Lipinski definition) is 1. The van der Waals surface area contributed by atoms with Crippen molar-refractivity contribution >= 4 is 33.3 Å². The van der Waals surface area contributed by atoms with Crippen LogP contribution in [0.4, 0.5) is 5.82 Å². The van der Waals surface area contributed by atoms with Crippen molar-refractivity contribution in [2.24, 2.45) is 0 Å². The van der Waals surface area contributed by atoms with E-state index in [0.717, 1.165) is 38.0 Å². The summed E-state index contributed by atoms with van der Waals surface area (Å²) in [5.74, 6) is 0.766. The van der Waals surface area contributed by atoms with E-state index in [1.165, 1.54) is 5.56 Å². The summed E-state index contributed by atoms with van der Waals surface area (Å²) in [5, 5.41) is 8.54. The number of rotatable bonds is 2. The third-order valence-corrected chi connectivity index (χ3v) is 6.02. The van der Waals surface area contributed by atoms with E-state index >= 15 is 0 Å². The molecule has 1 atom stereocenters. The van der Waals surface area contributed by atoms with E-state index < -0.39 is 0 Å². The zero-order valence-electron chi connectivity index (χ0n) is 15.1. The van der Waals surface area contributed by atoms with Crippen LogP contribution in [-0.2, 0) is 4.79 Å². The number of fused-ring (bicyclic) bond motifs is 2. The Labute approximate surface area is 160 Å². The third kappa shape index (κ3) is 2.64. The second-order valence-electron chi connectivity index (χ2n) is 6.94. The van der Waals surface area contributed by atoms with Crippen molar-refractivity contribution < 1.29 is 4.79 Å². The van der Waals surface area contributed by atoms with E-state index in [2.05, 4.69) is 30.4 Å². The van der Waals surface area contributed by atoms with Gasteiger partial charge in [0, 0.05) is 17.9 Å². The van der Waals surface area contributed by atoms with Crippen LogP contribution in [0.15, 0.2) is 48.5 Å². The van der Waals surface area contributed by atoms with Gasteiger partial charge in [-0.05, 0) is 31.5 Å². The van der Waals surface area contributed by atoms with Crippen molar-refractivity contribution in [2.45, 2.75) is 26.2 Å². The van der Waals surface area contributed by atoms with Crippen LogP contribution in [0.2, 0.25) is 0 Å². The number of aryl methyl sites for hydroxylation is 2. The number of para-hydroxylation sites is 1. The van der Waals surface area contributed by atoms with Crippen molar-refractivity contribution in [3.63, 3.8) is 0 Å². The van der Waals surface area contributed by atoms with Gasteiger partial charge >= 0.3 is 0 Å². The Balaban J connectivity index is 1.69. The monoisotopic (exact) mass is 374 g/mol. The summed E-state index contributed by atoms with van der Waals surface area (Å²) in [6.45, 7) is 4.08. The number of nitrogens with zero attached hydrogens (tertiary/aromatic N) is 3. The van der Waals surface area contributed by atoms with Gasteiger partial charge in [0.2, 0.25) is 11.0 Å². The van der Waals surface area contributed by atoms with E-state index in [0.29, 0.717) is 6.42 Å². The minimum absolute atomic E-state index is 0.0104. The first-order chi connectivity index (χ1) is 13.1. The number of benzene rings is 2. The summed E-state index contributed by atoms with van der Waals surface area (Å²) in [4.78, 5) is 17.2. The second kappa shape index (κ2) is 6.03. The zero-order chi connectivity index (χ0) is 18.5. The Kier molecular flexibility index (Phi) is 3.62. The maximum Gasteiger partial charge on any atom is 0.226 e. The second-order valence-corrected chi connectivity index (χ2v) is 7.95. The summed E-state index contributed by atoms with van der Waals surface area (Å²) >= 11 is 1.58. The first-order valence-electron chi connectivity index (χ1n) is 8.92. The van der Waals surface area contributed by atoms with E-state index in [1.807, 2.05) is 37.3 Å². The van der Waals surface area contributed by atoms with Crippen molar-refractivity contribution in [2.75, 3.05) is 5.32 Å². The highest BCUT2D eigenvalue weighted by atomic mass is 32.1. The molecule has 5 nitrogen and oxygen atoms in total. The van der Waals surface area contributed by atoms with Crippen LogP contribution in [0.25, 0.3) is 15.3 Å². The molecule has 1 aliphatic heterocycles. The third-order valence-electron chi connectivity index (χ3n) is 5.01. The van der Waals surface area contributed by atoms with Gasteiger partial charge in [0.15, 0.2) is 0 Å². The van der Waals surface area contributed by atoms with Gasteiger partial charge in [0.05, 0.1) is 15.9 Å². The maximum absolute atomic E-state index is 12.5. The molecule has 3 heterocycles. The van der Waals surface area contributed by atoms with E-state index in [9.17, 15) is 4.79 Å². The number of anilines is 1. The van der Waals surface area contributed by atoms with Gasteiger partial charge in [-0.25, -0.2) is 4.98 Å². The lowest BCUT2D eigenvalue weighted by molar-refractivity contribution is -0.116. The molecule has 6 heteroatoms. The molecular formula is C21H18N4OS. The van der Waals surface area contributed by atoms with Crippen molar-refractivity contribution in [3.8, 4) is 5.13 Å². The Morgan fingerprint density at radius 2 is 2.00 bits per heavy atom. The molecule has 2 aromatic carbocycles. The molecule has 0 saturated carbocycles. The van der Waals surface area contributed by atoms with Crippen LogP contribution in [0, 0.1) is 13.8 Å². The molecule has 1 unspecified atom stereocenters. The highest BCUT2D eigenvalue weighted by molar-refractivity contribution is 7.20. The van der Waals surface area contributed by atoms with Crippen LogP contribution < -0.4 is 5.32 Å². The summed E-state index contributed by atoms with van der Waals surface area (Å²) in [7, 11) is 0. The molecule has 1 aliphatic rings. The van der Waals surface area contributed by atoms with Gasteiger partial charge in [-0.1, -0.05) is 53.3 Å². The Hall–Kier alpha value is -2.99. The van der Waals surface area contributed by atoms with Crippen molar-refractivity contribution in [1.82, 2.24) is 14.8 Å². The van der Waals surface area contributed by atoms with Gasteiger partial charge in [-0.3, -0.25) is 4.79 Å². The van der Waals surface area contributed by atoms with E-state index in [1.54, 1.807) is 16.0 Å². The maximum atomic E-state index is 12.5. The van der Waals surface area contributed by atoms with Crippen LogP contribution in [0.1, 0.15) is 34.7 Å². The standard InChI is InChI=1S/C21H18N4OS/c1-12-6-5-7-14(10-12)15-11-18(26)23-20-19(15)13(2)24-25(20)21-22-16-8-3-4-9-17(16)27-21/h3-10,15H,11H2,1-2H3,(H,23,26). The first-order valence-corrected chi connectivity index (χ1v) is 9.73. The number of hydrogen-bond acceptors (Lipinski definition) is 4. The topological polar surface area (TPSA) is 59.8 Å². The Morgan fingerprint density at radius 3 is 2.81 bits per heavy atom. The minimum atomic E-state index is 0.0104. The molecule has 134 valence electrons. The van der Waals surface area contributed by atoms with Gasteiger partial charge in [-0.2, -0.15) is 9.78 Å². The lowest BCUT2D eigenvalue weighted by Crippen LogP contribution is -2.25. The highest BCUT2D eigenvalue weighted by Gasteiger charge is 2.33. The average molecular weight is 374 g/mol. The van der Waals surface area contributed by atoms with Crippen LogP contribution >= 0.6 is 11.3 Å². The summed E-state index contributed by atoms with van der Waals surface area (Å²) in [6, 6.07) is 16.4. The SMILES string of the molecule is Cc1cccc(C2CC(=O)Nc3c2c(C)nn3-c2nc3ccccc3s2)c1. The molecule has 4 aromatic rings. The number of carbonyl (C=O) groups is 1. The van der Waals surface area contributed by atoms with Gasteiger partial charge in [0.1, 0.15) is 5.82 Å². The zero-order valence-corrected chi connectivity index (χ0v) is 15.9. The molecule has 0 radical (unpaired) electrons. The quantitative estimate of drug-likeness (QED) is 0.559. The Morgan fingerprint density at radius 1 is 1.15 bits per heavy atom. The number of carbonyl (C=O) groups excluding carboxylic acids is 1. The fourth-order valence-electron chi connectivity index (χ4n) is 3.81. The lowest BCUT2D eigenvalue weighted by atomic mass is 9.85. The summed E-state index contributed by atoms with van der Waals surface area (Å²) in [6.07, 6.45) is 0.433.